The van der Waals surface area contributed by atoms with E-state index in [4.69, 9.17) is 16.3 Å². The minimum atomic E-state index is -0.804. The number of hydrogen-bond donors (Lipinski definition) is 1. The van der Waals surface area contributed by atoms with Crippen LogP contribution in [0.5, 0.6) is 5.75 Å². The number of halogens is 4. The Kier molecular flexibility index (Phi) is 7.32. The Hall–Kier alpha value is -2.17. The molecule has 158 valence electrons. The molecule has 1 amide bonds. The SMILES string of the molecule is CC(Oc1ccc(F)cc1F)c1nnc(SCC(=O)Nc2ccc(Br)cc2Cl)n1C. The average Bonchev–Trinajstić information content (AvgIpc) is 3.05. The van der Waals surface area contributed by atoms with Crippen LogP contribution in [0.4, 0.5) is 14.5 Å². The van der Waals surface area contributed by atoms with Gasteiger partial charge in [-0.3, -0.25) is 4.79 Å². The smallest absolute Gasteiger partial charge is 0.234 e. The summed E-state index contributed by atoms with van der Waals surface area (Å²) in [6.45, 7) is 1.67. The van der Waals surface area contributed by atoms with Crippen LogP contribution in [0.3, 0.4) is 0 Å². The second-order valence-electron chi connectivity index (χ2n) is 6.20. The molecule has 2 aromatic carbocycles. The van der Waals surface area contributed by atoms with Crippen molar-refractivity contribution in [1.82, 2.24) is 14.8 Å². The highest BCUT2D eigenvalue weighted by Gasteiger charge is 2.19. The number of anilines is 1. The van der Waals surface area contributed by atoms with Crippen LogP contribution in [0.1, 0.15) is 18.9 Å². The molecule has 3 rings (SSSR count). The Morgan fingerprint density at radius 1 is 1.30 bits per heavy atom. The number of aromatic nitrogens is 3. The van der Waals surface area contributed by atoms with E-state index in [0.29, 0.717) is 21.7 Å². The lowest BCUT2D eigenvalue weighted by molar-refractivity contribution is -0.113. The molecule has 1 N–H and O–H groups in total. The lowest BCUT2D eigenvalue weighted by Gasteiger charge is -2.14. The van der Waals surface area contributed by atoms with E-state index in [0.717, 1.165) is 16.6 Å². The van der Waals surface area contributed by atoms with Crippen LogP contribution in [0.2, 0.25) is 5.02 Å². The lowest BCUT2D eigenvalue weighted by Crippen LogP contribution is -2.15. The second-order valence-corrected chi connectivity index (χ2v) is 8.46. The lowest BCUT2D eigenvalue weighted by atomic mass is 10.3. The third-order valence-corrected chi connectivity index (χ3v) is 5.79. The number of nitrogens with zero attached hydrogens (tertiary/aromatic N) is 3. The fraction of sp³-hybridized carbons (Fsp3) is 0.211. The predicted octanol–water partition coefficient (Wildman–Crippen LogP) is 5.38. The average molecular weight is 518 g/mol. The maximum atomic E-state index is 13.8. The van der Waals surface area contributed by atoms with Crippen molar-refractivity contribution in [2.24, 2.45) is 7.05 Å². The molecule has 0 aliphatic rings. The Morgan fingerprint density at radius 3 is 2.77 bits per heavy atom. The number of rotatable bonds is 7. The van der Waals surface area contributed by atoms with Crippen molar-refractivity contribution in [3.63, 3.8) is 0 Å². The van der Waals surface area contributed by atoms with Gasteiger partial charge in [0.15, 0.2) is 28.7 Å². The summed E-state index contributed by atoms with van der Waals surface area (Å²) < 4.78 is 34.8. The molecule has 0 radical (unpaired) electrons. The number of carbonyl (C=O) groups is 1. The van der Waals surface area contributed by atoms with Crippen molar-refractivity contribution in [1.29, 1.82) is 0 Å². The van der Waals surface area contributed by atoms with Gasteiger partial charge < -0.3 is 14.6 Å². The first-order chi connectivity index (χ1) is 14.2. The van der Waals surface area contributed by atoms with E-state index in [1.165, 1.54) is 17.8 Å². The maximum Gasteiger partial charge on any atom is 0.234 e. The summed E-state index contributed by atoms with van der Waals surface area (Å²) in [6.07, 6.45) is -0.646. The van der Waals surface area contributed by atoms with Gasteiger partial charge in [-0.15, -0.1) is 10.2 Å². The molecule has 0 spiro atoms. The van der Waals surface area contributed by atoms with Gasteiger partial charge in [0, 0.05) is 17.6 Å². The van der Waals surface area contributed by atoms with Crippen molar-refractivity contribution in [3.05, 3.63) is 63.4 Å². The van der Waals surface area contributed by atoms with Gasteiger partial charge in [0.25, 0.3) is 0 Å². The van der Waals surface area contributed by atoms with Crippen LogP contribution < -0.4 is 10.1 Å². The molecule has 0 saturated heterocycles. The zero-order valence-electron chi connectivity index (χ0n) is 15.8. The number of nitrogens with one attached hydrogen (secondary N) is 1. The van der Waals surface area contributed by atoms with E-state index in [2.05, 4.69) is 31.4 Å². The highest BCUT2D eigenvalue weighted by molar-refractivity contribution is 9.10. The number of amides is 1. The Bertz CT molecular complexity index is 1080. The second kappa shape index (κ2) is 9.76. The normalized spacial score (nSPS) is 11.9. The highest BCUT2D eigenvalue weighted by atomic mass is 79.9. The quantitative estimate of drug-likeness (QED) is 0.426. The Labute approximate surface area is 189 Å². The van der Waals surface area contributed by atoms with Crippen LogP contribution in [0, 0.1) is 11.6 Å². The zero-order valence-corrected chi connectivity index (χ0v) is 19.0. The number of carbonyl (C=O) groups excluding carboxylic acids is 1. The third kappa shape index (κ3) is 5.50. The first-order valence-corrected chi connectivity index (χ1v) is 10.8. The molecular formula is C19H16BrClF2N4O2S. The Morgan fingerprint density at radius 2 is 2.07 bits per heavy atom. The number of thioether (sulfide) groups is 1. The molecule has 0 aliphatic carbocycles. The van der Waals surface area contributed by atoms with Gasteiger partial charge in [0.05, 0.1) is 16.5 Å². The van der Waals surface area contributed by atoms with Crippen LogP contribution in [-0.4, -0.2) is 26.4 Å². The zero-order chi connectivity index (χ0) is 21.8. The van der Waals surface area contributed by atoms with E-state index in [1.807, 2.05) is 0 Å². The van der Waals surface area contributed by atoms with E-state index >= 15 is 0 Å². The van der Waals surface area contributed by atoms with Gasteiger partial charge in [0.2, 0.25) is 5.91 Å². The van der Waals surface area contributed by atoms with Gasteiger partial charge >= 0.3 is 0 Å². The fourth-order valence-corrected chi connectivity index (χ4v) is 3.97. The highest BCUT2D eigenvalue weighted by Crippen LogP contribution is 2.27. The fourth-order valence-electron chi connectivity index (χ4n) is 2.53. The molecule has 0 bridgehead atoms. The first-order valence-electron chi connectivity index (χ1n) is 8.63. The molecule has 0 aliphatic heterocycles. The molecule has 11 heteroatoms. The van der Waals surface area contributed by atoms with Crippen LogP contribution in [0.25, 0.3) is 0 Å². The summed E-state index contributed by atoms with van der Waals surface area (Å²) in [5.41, 5.74) is 0.507. The van der Waals surface area contributed by atoms with Crippen molar-refractivity contribution < 1.29 is 18.3 Å². The number of hydrogen-bond acceptors (Lipinski definition) is 5. The van der Waals surface area contributed by atoms with Gasteiger partial charge in [0.1, 0.15) is 5.82 Å². The summed E-state index contributed by atoms with van der Waals surface area (Å²) >= 11 is 10.6. The van der Waals surface area contributed by atoms with E-state index in [1.54, 1.807) is 36.7 Å². The molecular weight excluding hydrogens is 502 g/mol. The predicted molar refractivity (Wildman–Crippen MR) is 115 cm³/mol. The van der Waals surface area contributed by atoms with Gasteiger partial charge in [-0.2, -0.15) is 0 Å². The molecule has 1 aromatic heterocycles. The minimum Gasteiger partial charge on any atom is -0.480 e. The number of benzene rings is 2. The first kappa shape index (κ1) is 22.5. The largest absolute Gasteiger partial charge is 0.480 e. The van der Waals surface area contributed by atoms with Gasteiger partial charge in [-0.1, -0.05) is 39.3 Å². The maximum absolute atomic E-state index is 13.8. The summed E-state index contributed by atoms with van der Waals surface area (Å²) in [5.74, 6) is -1.33. The molecule has 30 heavy (non-hydrogen) atoms. The van der Waals surface area contributed by atoms with Crippen LogP contribution in [-0.2, 0) is 11.8 Å². The minimum absolute atomic E-state index is 0.0835. The molecule has 3 aromatic rings. The van der Waals surface area contributed by atoms with Crippen LogP contribution >= 0.6 is 39.3 Å². The molecule has 1 atom stereocenters. The third-order valence-electron chi connectivity index (χ3n) is 3.97. The molecule has 1 unspecified atom stereocenters. The van der Waals surface area contributed by atoms with Crippen LogP contribution in [0.15, 0.2) is 46.0 Å². The van der Waals surface area contributed by atoms with Crippen molar-refractivity contribution in [3.8, 4) is 5.75 Å². The summed E-state index contributed by atoms with van der Waals surface area (Å²) in [5, 5.41) is 11.7. The molecule has 0 fully saturated rings. The summed E-state index contributed by atoms with van der Waals surface area (Å²) in [7, 11) is 1.71. The summed E-state index contributed by atoms with van der Waals surface area (Å²) in [6, 6.07) is 8.23. The molecule has 1 heterocycles. The molecule has 6 nitrogen and oxygen atoms in total. The van der Waals surface area contributed by atoms with Crippen molar-refractivity contribution >= 4 is 50.9 Å². The monoisotopic (exact) mass is 516 g/mol. The Balaban J connectivity index is 1.61. The van der Waals surface area contributed by atoms with Gasteiger partial charge in [-0.25, -0.2) is 8.78 Å². The topological polar surface area (TPSA) is 69.0 Å². The van der Waals surface area contributed by atoms with Crippen molar-refractivity contribution in [2.45, 2.75) is 18.2 Å². The number of ether oxygens (including phenoxy) is 1. The summed E-state index contributed by atoms with van der Waals surface area (Å²) in [4.78, 5) is 12.2. The standard InChI is InChI=1S/C19H16BrClF2N4O2S/c1-10(29-16-6-4-12(22)8-14(16)23)18-25-26-19(27(18)2)30-9-17(28)24-15-5-3-11(20)7-13(15)21/h3-8,10H,9H2,1-2H3,(H,24,28). The van der Waals surface area contributed by atoms with Crippen molar-refractivity contribution in [2.75, 3.05) is 11.1 Å². The van der Waals surface area contributed by atoms with E-state index in [9.17, 15) is 13.6 Å². The molecule has 0 saturated carbocycles. The van der Waals surface area contributed by atoms with E-state index < -0.39 is 17.7 Å². The van der Waals surface area contributed by atoms with E-state index in [-0.39, 0.29) is 17.4 Å². The van der Waals surface area contributed by atoms with Gasteiger partial charge in [-0.05, 0) is 37.3 Å².